The van der Waals surface area contributed by atoms with Gasteiger partial charge in [-0.05, 0) is 36.8 Å². The van der Waals surface area contributed by atoms with Gasteiger partial charge in [-0.25, -0.2) is 15.0 Å². The molecule has 0 aliphatic carbocycles. The molecule has 7 rings (SSSR count). The molecule has 2 heterocycles. The van der Waals surface area contributed by atoms with E-state index in [-0.39, 0.29) is 0 Å². The summed E-state index contributed by atoms with van der Waals surface area (Å²) in [6, 6.07) is 40.7. The number of fused-ring (bicyclic) bond motifs is 5. The highest BCUT2D eigenvalue weighted by Gasteiger charge is 2.20. The van der Waals surface area contributed by atoms with Crippen molar-refractivity contribution in [1.29, 1.82) is 5.26 Å². The van der Waals surface area contributed by atoms with Gasteiger partial charge in [0, 0.05) is 32.8 Å². The maximum Gasteiger partial charge on any atom is 0.0991 e. The number of nitriles is 1. The van der Waals surface area contributed by atoms with Crippen LogP contribution in [0.15, 0.2) is 115 Å². The summed E-state index contributed by atoms with van der Waals surface area (Å²) in [7, 11) is 0. The Labute approximate surface area is 225 Å². The van der Waals surface area contributed by atoms with Gasteiger partial charge in [0.1, 0.15) is 0 Å². The van der Waals surface area contributed by atoms with Crippen LogP contribution in [0.1, 0.15) is 11.1 Å². The van der Waals surface area contributed by atoms with Crippen molar-refractivity contribution in [3.05, 3.63) is 126 Å². The van der Waals surface area contributed by atoms with E-state index in [2.05, 4.69) is 49.4 Å². The highest BCUT2D eigenvalue weighted by atomic mass is 14.8. The molecule has 4 heteroatoms. The Morgan fingerprint density at radius 3 is 1.87 bits per heavy atom. The summed E-state index contributed by atoms with van der Waals surface area (Å²) in [6.45, 7) is 2.10. The molecule has 0 unspecified atom stereocenters. The first-order valence-corrected chi connectivity index (χ1v) is 12.9. The van der Waals surface area contributed by atoms with Crippen molar-refractivity contribution in [2.24, 2.45) is 0 Å². The molecular weight excluding hydrogens is 476 g/mol. The summed E-state index contributed by atoms with van der Waals surface area (Å²) in [6.07, 6.45) is 0. The third-order valence-corrected chi connectivity index (χ3v) is 7.16. The summed E-state index contributed by atoms with van der Waals surface area (Å²) in [4.78, 5) is 15.7. The van der Waals surface area contributed by atoms with Gasteiger partial charge in [-0.15, -0.1) is 0 Å². The van der Waals surface area contributed by atoms with E-state index in [0.717, 1.165) is 72.0 Å². The molecule has 0 amide bonds. The predicted molar refractivity (Wildman–Crippen MR) is 158 cm³/mol. The average molecular weight is 499 g/mol. The SMILES string of the molecule is Cc1cc2nc(-c3ccccc3)c(-c3ccccc3)nc2c2c1c(-c1cccc(C#N)c1)nc1ccccc12. The number of hydrogen-bond donors (Lipinski definition) is 0. The largest absolute Gasteiger partial charge is 0.247 e. The number of aryl methyl sites for hydroxylation is 1. The van der Waals surface area contributed by atoms with E-state index in [4.69, 9.17) is 15.0 Å². The van der Waals surface area contributed by atoms with Crippen molar-refractivity contribution in [3.63, 3.8) is 0 Å². The Balaban J connectivity index is 1.66. The van der Waals surface area contributed by atoms with Crippen LogP contribution < -0.4 is 0 Å². The van der Waals surface area contributed by atoms with E-state index in [1.54, 1.807) is 0 Å². The summed E-state index contributed by atoms with van der Waals surface area (Å²) in [5.74, 6) is 0. The number of benzene rings is 5. The number of para-hydroxylation sites is 1. The number of nitrogens with zero attached hydrogens (tertiary/aromatic N) is 4. The second-order valence-electron chi connectivity index (χ2n) is 9.63. The number of rotatable bonds is 3. The molecule has 0 atom stereocenters. The molecule has 39 heavy (non-hydrogen) atoms. The smallest absolute Gasteiger partial charge is 0.0991 e. The number of hydrogen-bond acceptors (Lipinski definition) is 4. The van der Waals surface area contributed by atoms with E-state index in [1.807, 2.05) is 78.9 Å². The van der Waals surface area contributed by atoms with Crippen LogP contribution in [0.3, 0.4) is 0 Å². The second-order valence-corrected chi connectivity index (χ2v) is 9.63. The van der Waals surface area contributed by atoms with Crippen molar-refractivity contribution in [2.45, 2.75) is 6.92 Å². The van der Waals surface area contributed by atoms with Gasteiger partial charge in [0.25, 0.3) is 0 Å². The van der Waals surface area contributed by atoms with Gasteiger partial charge in [-0.1, -0.05) is 91.0 Å². The average Bonchev–Trinajstić information content (AvgIpc) is 3.01. The van der Waals surface area contributed by atoms with Gasteiger partial charge in [0.05, 0.1) is 45.3 Å². The Kier molecular flexibility index (Phi) is 5.35. The van der Waals surface area contributed by atoms with Crippen LogP contribution in [0.25, 0.3) is 66.5 Å². The third-order valence-electron chi connectivity index (χ3n) is 7.16. The topological polar surface area (TPSA) is 62.5 Å². The zero-order chi connectivity index (χ0) is 26.3. The van der Waals surface area contributed by atoms with Gasteiger partial charge in [-0.2, -0.15) is 5.26 Å². The third kappa shape index (κ3) is 3.80. The van der Waals surface area contributed by atoms with Gasteiger partial charge in [-0.3, -0.25) is 0 Å². The lowest BCUT2D eigenvalue weighted by atomic mass is 9.94. The zero-order valence-electron chi connectivity index (χ0n) is 21.3. The fourth-order valence-corrected chi connectivity index (χ4v) is 5.39. The minimum atomic E-state index is 0.604. The van der Waals surface area contributed by atoms with E-state index < -0.39 is 0 Å². The summed E-state index contributed by atoms with van der Waals surface area (Å²) >= 11 is 0. The van der Waals surface area contributed by atoms with Crippen LogP contribution in [0.5, 0.6) is 0 Å². The second kappa shape index (κ2) is 9.16. The summed E-state index contributed by atoms with van der Waals surface area (Å²) < 4.78 is 0. The van der Waals surface area contributed by atoms with Crippen LogP contribution in [0, 0.1) is 18.3 Å². The quantitative estimate of drug-likeness (QED) is 0.229. The lowest BCUT2D eigenvalue weighted by molar-refractivity contribution is 1.29. The van der Waals surface area contributed by atoms with Crippen LogP contribution in [0.4, 0.5) is 0 Å². The first-order chi connectivity index (χ1) is 19.2. The molecule has 0 bridgehead atoms. The van der Waals surface area contributed by atoms with Gasteiger partial charge in [0.2, 0.25) is 0 Å². The molecule has 182 valence electrons. The van der Waals surface area contributed by atoms with E-state index in [1.165, 1.54) is 0 Å². The van der Waals surface area contributed by atoms with Gasteiger partial charge >= 0.3 is 0 Å². The standard InChI is InChI=1S/C35H22N4/c1-22-19-29-35(39-34(25-14-6-3-7-15-25)33(38-29)24-12-4-2-5-13-24)31-27-17-8-9-18-28(27)37-32(30(22)31)26-16-10-11-23(20-26)21-36/h2-20H,1H3. The molecule has 0 saturated carbocycles. The molecule has 4 nitrogen and oxygen atoms in total. The normalized spacial score (nSPS) is 11.2. The van der Waals surface area contributed by atoms with E-state index in [9.17, 15) is 5.26 Å². The Morgan fingerprint density at radius 2 is 1.15 bits per heavy atom. The van der Waals surface area contributed by atoms with Gasteiger partial charge < -0.3 is 0 Å². The Hall–Kier alpha value is -5.40. The van der Waals surface area contributed by atoms with Crippen molar-refractivity contribution < 1.29 is 0 Å². The van der Waals surface area contributed by atoms with Crippen molar-refractivity contribution in [2.75, 3.05) is 0 Å². The van der Waals surface area contributed by atoms with Crippen molar-refractivity contribution >= 4 is 32.7 Å². The molecule has 0 aliphatic rings. The highest BCUT2D eigenvalue weighted by Crippen LogP contribution is 2.40. The first kappa shape index (κ1) is 22.8. The van der Waals surface area contributed by atoms with Crippen LogP contribution in [0.2, 0.25) is 0 Å². The molecule has 0 aliphatic heterocycles. The number of pyridine rings is 1. The van der Waals surface area contributed by atoms with Crippen LogP contribution in [-0.2, 0) is 0 Å². The molecule has 7 aromatic rings. The van der Waals surface area contributed by atoms with E-state index in [0.29, 0.717) is 5.56 Å². The predicted octanol–water partition coefficient (Wildman–Crippen LogP) is 8.51. The fourth-order valence-electron chi connectivity index (χ4n) is 5.39. The highest BCUT2D eigenvalue weighted by molar-refractivity contribution is 6.22. The molecular formula is C35H22N4. The summed E-state index contributed by atoms with van der Waals surface area (Å²) in [5, 5.41) is 12.6. The zero-order valence-corrected chi connectivity index (χ0v) is 21.3. The maximum atomic E-state index is 9.56. The lowest BCUT2D eigenvalue weighted by Gasteiger charge is -2.17. The van der Waals surface area contributed by atoms with Crippen LogP contribution >= 0.6 is 0 Å². The molecule has 0 saturated heterocycles. The summed E-state index contributed by atoms with van der Waals surface area (Å²) in [5.41, 5.74) is 9.71. The van der Waals surface area contributed by atoms with Crippen LogP contribution in [-0.4, -0.2) is 15.0 Å². The molecule has 0 radical (unpaired) electrons. The Morgan fingerprint density at radius 1 is 0.538 bits per heavy atom. The minimum absolute atomic E-state index is 0.604. The van der Waals surface area contributed by atoms with Crippen molar-refractivity contribution in [1.82, 2.24) is 15.0 Å². The Bertz CT molecular complexity index is 2080. The molecule has 5 aromatic carbocycles. The first-order valence-electron chi connectivity index (χ1n) is 12.9. The molecule has 2 aromatic heterocycles. The fraction of sp³-hybridized carbons (Fsp3) is 0.0286. The van der Waals surface area contributed by atoms with Crippen molar-refractivity contribution in [3.8, 4) is 39.8 Å². The molecule has 0 N–H and O–H groups in total. The number of aromatic nitrogens is 3. The molecule has 0 spiro atoms. The van der Waals surface area contributed by atoms with Gasteiger partial charge in [0.15, 0.2) is 0 Å². The monoisotopic (exact) mass is 498 g/mol. The van der Waals surface area contributed by atoms with E-state index >= 15 is 0 Å². The minimum Gasteiger partial charge on any atom is -0.247 e. The maximum absolute atomic E-state index is 9.56. The molecule has 0 fully saturated rings. The lowest BCUT2D eigenvalue weighted by Crippen LogP contribution is -1.99.